The van der Waals surface area contributed by atoms with E-state index in [1.165, 1.54) is 6.42 Å². The second-order valence-corrected chi connectivity index (χ2v) is 6.95. The van der Waals surface area contributed by atoms with Crippen molar-refractivity contribution >= 4 is 17.5 Å². The summed E-state index contributed by atoms with van der Waals surface area (Å²) in [6, 6.07) is 7.54. The van der Waals surface area contributed by atoms with Crippen molar-refractivity contribution in [3.05, 3.63) is 24.3 Å². The minimum atomic E-state index is -0.206. The fourth-order valence-electron chi connectivity index (χ4n) is 3.47. The number of carbonyl (C=O) groups is 2. The van der Waals surface area contributed by atoms with E-state index >= 15 is 0 Å². The lowest BCUT2D eigenvalue weighted by molar-refractivity contribution is -0.136. The van der Waals surface area contributed by atoms with Crippen LogP contribution in [0, 0.1) is 5.92 Å². The lowest BCUT2D eigenvalue weighted by Gasteiger charge is -2.29. The highest BCUT2D eigenvalue weighted by Gasteiger charge is 2.37. The van der Waals surface area contributed by atoms with Crippen LogP contribution in [0.5, 0.6) is 5.75 Å². The number of rotatable bonds is 4. The maximum atomic E-state index is 12.6. The van der Waals surface area contributed by atoms with E-state index in [4.69, 9.17) is 4.74 Å². The summed E-state index contributed by atoms with van der Waals surface area (Å²) in [5.41, 5.74) is 0.838. The lowest BCUT2D eigenvalue weighted by Crippen LogP contribution is -2.40. The lowest BCUT2D eigenvalue weighted by atomic mass is 10.0. The van der Waals surface area contributed by atoms with Crippen molar-refractivity contribution in [1.82, 2.24) is 4.90 Å². The Morgan fingerprint density at radius 1 is 1.12 bits per heavy atom. The van der Waals surface area contributed by atoms with Gasteiger partial charge in [0, 0.05) is 31.7 Å². The Labute approximate surface area is 143 Å². The van der Waals surface area contributed by atoms with Crippen molar-refractivity contribution in [1.29, 1.82) is 0 Å². The van der Waals surface area contributed by atoms with Gasteiger partial charge in [-0.2, -0.15) is 0 Å². The maximum Gasteiger partial charge on any atom is 0.228 e. The van der Waals surface area contributed by atoms with Crippen LogP contribution in [0.2, 0.25) is 0 Å². The van der Waals surface area contributed by atoms with Crippen molar-refractivity contribution in [2.75, 3.05) is 24.5 Å². The molecule has 0 unspecified atom stereocenters. The van der Waals surface area contributed by atoms with Crippen LogP contribution in [-0.2, 0) is 9.59 Å². The largest absolute Gasteiger partial charge is 0.491 e. The number of amides is 2. The van der Waals surface area contributed by atoms with Gasteiger partial charge in [0.15, 0.2) is 0 Å². The van der Waals surface area contributed by atoms with E-state index < -0.39 is 0 Å². The molecule has 2 aliphatic rings. The van der Waals surface area contributed by atoms with E-state index in [2.05, 4.69) is 0 Å². The van der Waals surface area contributed by atoms with Crippen molar-refractivity contribution in [3.8, 4) is 5.75 Å². The first-order chi connectivity index (χ1) is 11.5. The molecule has 0 aliphatic carbocycles. The molecule has 1 aromatic carbocycles. The van der Waals surface area contributed by atoms with Gasteiger partial charge in [-0.3, -0.25) is 9.59 Å². The smallest absolute Gasteiger partial charge is 0.228 e. The SMILES string of the molecule is CC(C)Oc1ccc(N2C[C@@H](C(=O)N3CCCCC3)CC2=O)cc1. The monoisotopic (exact) mass is 330 g/mol. The summed E-state index contributed by atoms with van der Waals surface area (Å²) in [6.07, 6.45) is 3.79. The third-order valence-electron chi connectivity index (χ3n) is 4.66. The summed E-state index contributed by atoms with van der Waals surface area (Å²) < 4.78 is 5.63. The highest BCUT2D eigenvalue weighted by Crippen LogP contribution is 2.28. The van der Waals surface area contributed by atoms with Gasteiger partial charge in [-0.15, -0.1) is 0 Å². The summed E-state index contributed by atoms with van der Waals surface area (Å²) in [4.78, 5) is 28.6. The van der Waals surface area contributed by atoms with Crippen LogP contribution in [-0.4, -0.2) is 42.5 Å². The number of hydrogen-bond acceptors (Lipinski definition) is 3. The Kier molecular flexibility index (Phi) is 5.07. The molecule has 1 aromatic rings. The number of piperidine rings is 1. The van der Waals surface area contributed by atoms with Crippen LogP contribution in [0.1, 0.15) is 39.5 Å². The Balaban J connectivity index is 1.65. The molecule has 0 bridgehead atoms. The second-order valence-electron chi connectivity index (χ2n) is 6.95. The topological polar surface area (TPSA) is 49.9 Å². The summed E-state index contributed by atoms with van der Waals surface area (Å²) in [5, 5.41) is 0. The molecule has 3 rings (SSSR count). The molecule has 24 heavy (non-hydrogen) atoms. The summed E-state index contributed by atoms with van der Waals surface area (Å²) in [5.74, 6) is 0.761. The van der Waals surface area contributed by atoms with E-state index in [-0.39, 0.29) is 23.8 Å². The van der Waals surface area contributed by atoms with Gasteiger partial charge in [-0.1, -0.05) is 0 Å². The normalized spacial score (nSPS) is 21.5. The zero-order valence-electron chi connectivity index (χ0n) is 14.5. The molecular weight excluding hydrogens is 304 g/mol. The Morgan fingerprint density at radius 2 is 1.79 bits per heavy atom. The predicted octanol–water partition coefficient (Wildman–Crippen LogP) is 2.84. The first kappa shape index (κ1) is 16.8. The fourth-order valence-corrected chi connectivity index (χ4v) is 3.47. The van der Waals surface area contributed by atoms with Crippen molar-refractivity contribution in [3.63, 3.8) is 0 Å². The third-order valence-corrected chi connectivity index (χ3v) is 4.66. The molecule has 0 N–H and O–H groups in total. The molecule has 2 heterocycles. The highest BCUT2D eigenvalue weighted by atomic mass is 16.5. The molecule has 0 saturated carbocycles. The number of likely N-dealkylation sites (tertiary alicyclic amines) is 1. The standard InChI is InChI=1S/C19H26N2O3/c1-14(2)24-17-8-6-16(7-9-17)21-13-15(12-18(21)22)19(23)20-10-4-3-5-11-20/h6-9,14-15H,3-5,10-13H2,1-2H3/t15-/m0/s1. The number of benzene rings is 1. The van der Waals surface area contributed by atoms with E-state index in [0.29, 0.717) is 13.0 Å². The van der Waals surface area contributed by atoms with Gasteiger partial charge in [0.25, 0.3) is 0 Å². The van der Waals surface area contributed by atoms with Gasteiger partial charge in [0.05, 0.1) is 12.0 Å². The van der Waals surface area contributed by atoms with Crippen LogP contribution < -0.4 is 9.64 Å². The zero-order valence-corrected chi connectivity index (χ0v) is 14.5. The van der Waals surface area contributed by atoms with Gasteiger partial charge in [-0.05, 0) is 57.4 Å². The number of ether oxygens (including phenoxy) is 1. The Morgan fingerprint density at radius 3 is 2.42 bits per heavy atom. The molecule has 0 aromatic heterocycles. The minimum absolute atomic E-state index is 0.0305. The molecule has 2 saturated heterocycles. The first-order valence-electron chi connectivity index (χ1n) is 8.90. The average molecular weight is 330 g/mol. The maximum absolute atomic E-state index is 12.6. The molecule has 2 amide bonds. The van der Waals surface area contributed by atoms with Crippen molar-refractivity contribution in [2.24, 2.45) is 5.92 Å². The summed E-state index contributed by atoms with van der Waals surface area (Å²) >= 11 is 0. The predicted molar refractivity (Wildman–Crippen MR) is 93.1 cm³/mol. The van der Waals surface area contributed by atoms with Crippen molar-refractivity contribution in [2.45, 2.75) is 45.6 Å². The zero-order chi connectivity index (χ0) is 17.1. The number of carbonyl (C=O) groups excluding carboxylic acids is 2. The molecule has 2 fully saturated rings. The molecule has 0 spiro atoms. The Hall–Kier alpha value is -2.04. The van der Waals surface area contributed by atoms with Crippen LogP contribution in [0.25, 0.3) is 0 Å². The average Bonchev–Trinajstić information content (AvgIpc) is 2.97. The number of nitrogens with zero attached hydrogens (tertiary/aromatic N) is 2. The van der Waals surface area contributed by atoms with Gasteiger partial charge < -0.3 is 14.5 Å². The van der Waals surface area contributed by atoms with Gasteiger partial charge >= 0.3 is 0 Å². The summed E-state index contributed by atoms with van der Waals surface area (Å²) in [6.45, 7) is 6.12. The molecule has 0 radical (unpaired) electrons. The second kappa shape index (κ2) is 7.24. The summed E-state index contributed by atoms with van der Waals surface area (Å²) in [7, 11) is 0. The van der Waals surface area contributed by atoms with Gasteiger partial charge in [-0.25, -0.2) is 0 Å². The molecule has 5 nitrogen and oxygen atoms in total. The van der Waals surface area contributed by atoms with Crippen LogP contribution in [0.15, 0.2) is 24.3 Å². The van der Waals surface area contributed by atoms with Crippen LogP contribution in [0.3, 0.4) is 0 Å². The fraction of sp³-hybridized carbons (Fsp3) is 0.579. The van der Waals surface area contributed by atoms with Gasteiger partial charge in [0.1, 0.15) is 5.75 Å². The third kappa shape index (κ3) is 3.71. The van der Waals surface area contributed by atoms with E-state index in [1.54, 1.807) is 4.90 Å². The first-order valence-corrected chi connectivity index (χ1v) is 8.90. The minimum Gasteiger partial charge on any atom is -0.491 e. The van der Waals surface area contributed by atoms with E-state index in [0.717, 1.165) is 37.4 Å². The van der Waals surface area contributed by atoms with Crippen LogP contribution in [0.4, 0.5) is 5.69 Å². The highest BCUT2D eigenvalue weighted by molar-refractivity contribution is 6.00. The van der Waals surface area contributed by atoms with E-state index in [9.17, 15) is 9.59 Å². The molecule has 1 atom stereocenters. The van der Waals surface area contributed by atoms with E-state index in [1.807, 2.05) is 43.0 Å². The molecule has 130 valence electrons. The van der Waals surface area contributed by atoms with Crippen molar-refractivity contribution < 1.29 is 14.3 Å². The number of anilines is 1. The number of hydrogen-bond donors (Lipinski definition) is 0. The molecule has 2 aliphatic heterocycles. The molecule has 5 heteroatoms. The molecular formula is C19H26N2O3. The van der Waals surface area contributed by atoms with Crippen LogP contribution >= 0.6 is 0 Å². The Bertz CT molecular complexity index is 591. The van der Waals surface area contributed by atoms with Gasteiger partial charge in [0.2, 0.25) is 11.8 Å². The quantitative estimate of drug-likeness (QED) is 0.853.